The molecule has 3 fully saturated rings. The summed E-state index contributed by atoms with van der Waals surface area (Å²) in [6.07, 6.45) is 4.98. The summed E-state index contributed by atoms with van der Waals surface area (Å²) in [6, 6.07) is 9.33. The molecule has 0 unspecified atom stereocenters. The molecule has 37 heavy (non-hydrogen) atoms. The number of likely N-dealkylation sites (tertiary alicyclic amines) is 2. The summed E-state index contributed by atoms with van der Waals surface area (Å²) < 4.78 is 42.1. The number of hydrogen-bond donors (Lipinski definition) is 0. The van der Waals surface area contributed by atoms with E-state index in [0.29, 0.717) is 47.3 Å². The fourth-order valence-electron chi connectivity index (χ4n) is 5.79. The zero-order valence-electron chi connectivity index (χ0n) is 20.6. The number of rotatable bonds is 5. The maximum absolute atomic E-state index is 14.1. The molecule has 0 bridgehead atoms. The smallest absolute Gasteiger partial charge is 0.338 e. The lowest BCUT2D eigenvalue weighted by molar-refractivity contribution is -0.137. The summed E-state index contributed by atoms with van der Waals surface area (Å²) in [5.41, 5.74) is 1.97. The van der Waals surface area contributed by atoms with Crippen LogP contribution < -0.4 is 0 Å². The van der Waals surface area contributed by atoms with Gasteiger partial charge in [-0.3, -0.25) is 9.78 Å². The lowest BCUT2D eigenvalue weighted by Gasteiger charge is -2.36. The van der Waals surface area contributed by atoms with Crippen LogP contribution in [0.4, 0.5) is 13.2 Å². The lowest BCUT2D eigenvalue weighted by Crippen LogP contribution is -2.46. The monoisotopic (exact) mass is 509 g/mol. The molecule has 3 aliphatic rings. The van der Waals surface area contributed by atoms with Gasteiger partial charge < -0.3 is 9.80 Å². The summed E-state index contributed by atoms with van der Waals surface area (Å²) in [7, 11) is 0. The first kappa shape index (κ1) is 24.2. The van der Waals surface area contributed by atoms with Crippen LogP contribution in [0.25, 0.3) is 16.9 Å². The largest absolute Gasteiger partial charge is 0.416 e. The molecule has 6 nitrogen and oxygen atoms in total. The molecule has 0 spiro atoms. The van der Waals surface area contributed by atoms with E-state index in [9.17, 15) is 18.0 Å². The summed E-state index contributed by atoms with van der Waals surface area (Å²) in [4.78, 5) is 22.8. The zero-order valence-corrected chi connectivity index (χ0v) is 20.6. The molecule has 194 valence electrons. The van der Waals surface area contributed by atoms with Gasteiger partial charge in [-0.2, -0.15) is 18.3 Å². The van der Waals surface area contributed by atoms with Gasteiger partial charge in [0.05, 0.1) is 22.5 Å². The van der Waals surface area contributed by atoms with Crippen molar-refractivity contribution in [3.05, 3.63) is 65.6 Å². The number of carbonyl (C=O) groups is 1. The minimum Gasteiger partial charge on any atom is -0.338 e. The minimum absolute atomic E-state index is 0.0844. The maximum Gasteiger partial charge on any atom is 0.416 e. The van der Waals surface area contributed by atoms with Crippen LogP contribution in [0.1, 0.15) is 66.1 Å². The van der Waals surface area contributed by atoms with Crippen LogP contribution in [0.2, 0.25) is 0 Å². The molecule has 4 heterocycles. The highest BCUT2D eigenvalue weighted by Gasteiger charge is 2.39. The highest BCUT2D eigenvalue weighted by Crippen LogP contribution is 2.45. The third-order valence-electron chi connectivity index (χ3n) is 7.86. The van der Waals surface area contributed by atoms with Gasteiger partial charge in [0.15, 0.2) is 0 Å². The summed E-state index contributed by atoms with van der Waals surface area (Å²) in [5, 5.41) is 4.78. The van der Waals surface area contributed by atoms with Gasteiger partial charge in [-0.15, -0.1) is 0 Å². The highest BCUT2D eigenvalue weighted by molar-refractivity contribution is 6.01. The van der Waals surface area contributed by atoms with E-state index in [4.69, 9.17) is 5.10 Å². The van der Waals surface area contributed by atoms with Crippen molar-refractivity contribution in [3.63, 3.8) is 0 Å². The normalized spacial score (nSPS) is 19.5. The van der Waals surface area contributed by atoms with Crippen molar-refractivity contribution < 1.29 is 18.0 Å². The Morgan fingerprint density at radius 1 is 0.946 bits per heavy atom. The van der Waals surface area contributed by atoms with Crippen molar-refractivity contribution >= 4 is 5.91 Å². The SMILES string of the molecule is O=C(c1c(-c2cccnc2)nn(-c2cccc(C(F)(F)F)c2)c1C1CC1)N1CCC(N2CCCC2)CC1. The van der Waals surface area contributed by atoms with Gasteiger partial charge in [0.1, 0.15) is 5.69 Å². The number of hydrogen-bond acceptors (Lipinski definition) is 4. The quantitative estimate of drug-likeness (QED) is 0.454. The summed E-state index contributed by atoms with van der Waals surface area (Å²) >= 11 is 0. The number of halogens is 3. The van der Waals surface area contributed by atoms with Gasteiger partial charge in [0.2, 0.25) is 0 Å². The van der Waals surface area contributed by atoms with Gasteiger partial charge >= 0.3 is 6.18 Å². The number of piperidine rings is 1. The van der Waals surface area contributed by atoms with E-state index in [0.717, 1.165) is 50.9 Å². The molecular weight excluding hydrogens is 479 g/mol. The minimum atomic E-state index is -4.46. The van der Waals surface area contributed by atoms with Crippen LogP contribution in [0.3, 0.4) is 0 Å². The van der Waals surface area contributed by atoms with E-state index in [-0.39, 0.29) is 11.8 Å². The molecule has 2 saturated heterocycles. The Balaban J connectivity index is 1.40. The van der Waals surface area contributed by atoms with Gasteiger partial charge in [0, 0.05) is 43.0 Å². The van der Waals surface area contributed by atoms with Gasteiger partial charge in [0.25, 0.3) is 5.91 Å². The molecule has 3 aromatic rings. The van der Waals surface area contributed by atoms with Crippen LogP contribution in [0, 0.1) is 0 Å². The molecule has 9 heteroatoms. The van der Waals surface area contributed by atoms with Gasteiger partial charge in [-0.1, -0.05) is 6.07 Å². The van der Waals surface area contributed by atoms with Crippen LogP contribution in [-0.4, -0.2) is 62.7 Å². The standard InChI is InChI=1S/C28H30F3N5O/c29-28(30,31)21-6-3-7-23(17-21)36-26(19-8-9-19)24(25(33-36)20-5-4-12-32-18-20)27(37)35-15-10-22(11-16-35)34-13-1-2-14-34/h3-7,12,17-19,22H,1-2,8-11,13-16H2. The average Bonchev–Trinajstić information content (AvgIpc) is 3.45. The van der Waals surface area contributed by atoms with Crippen molar-refractivity contribution in [1.82, 2.24) is 24.6 Å². The Morgan fingerprint density at radius 2 is 1.70 bits per heavy atom. The Bertz CT molecular complexity index is 1270. The van der Waals surface area contributed by atoms with Gasteiger partial charge in [-0.05, 0) is 81.9 Å². The van der Waals surface area contributed by atoms with Crippen molar-refractivity contribution in [3.8, 4) is 16.9 Å². The Labute approximate surface area is 214 Å². The Morgan fingerprint density at radius 3 is 2.35 bits per heavy atom. The summed E-state index contributed by atoms with van der Waals surface area (Å²) in [6.45, 7) is 3.62. The first-order chi connectivity index (χ1) is 17.9. The zero-order chi connectivity index (χ0) is 25.6. The van der Waals surface area contributed by atoms with Crippen molar-refractivity contribution in [2.45, 2.75) is 56.7 Å². The van der Waals surface area contributed by atoms with E-state index in [1.807, 2.05) is 11.0 Å². The van der Waals surface area contributed by atoms with E-state index in [1.54, 1.807) is 29.2 Å². The topological polar surface area (TPSA) is 54.3 Å². The fraction of sp³-hybridized carbons (Fsp3) is 0.464. The van der Waals surface area contributed by atoms with Crippen molar-refractivity contribution in [2.75, 3.05) is 26.2 Å². The molecular formula is C28H30F3N5O. The van der Waals surface area contributed by atoms with Crippen molar-refractivity contribution in [2.24, 2.45) is 0 Å². The van der Waals surface area contributed by atoms with E-state index in [1.165, 1.54) is 18.9 Å². The third kappa shape index (κ3) is 4.77. The first-order valence-corrected chi connectivity index (χ1v) is 13.1. The number of aromatic nitrogens is 3. The van der Waals surface area contributed by atoms with Crippen LogP contribution in [-0.2, 0) is 6.18 Å². The molecule has 1 saturated carbocycles. The predicted octanol–water partition coefficient (Wildman–Crippen LogP) is 5.53. The highest BCUT2D eigenvalue weighted by atomic mass is 19.4. The molecule has 1 aliphatic carbocycles. The molecule has 1 amide bonds. The molecule has 2 aromatic heterocycles. The first-order valence-electron chi connectivity index (χ1n) is 13.1. The number of benzene rings is 1. The molecule has 1 aromatic carbocycles. The number of pyridine rings is 1. The molecule has 0 radical (unpaired) electrons. The number of carbonyl (C=O) groups excluding carboxylic acids is 1. The van der Waals surface area contributed by atoms with E-state index < -0.39 is 11.7 Å². The predicted molar refractivity (Wildman–Crippen MR) is 134 cm³/mol. The second-order valence-electron chi connectivity index (χ2n) is 10.4. The third-order valence-corrected chi connectivity index (χ3v) is 7.86. The molecule has 6 rings (SSSR count). The molecule has 2 aliphatic heterocycles. The average molecular weight is 510 g/mol. The second-order valence-corrected chi connectivity index (χ2v) is 10.4. The Kier molecular flexibility index (Phi) is 6.26. The van der Waals surface area contributed by atoms with Gasteiger partial charge in [-0.25, -0.2) is 4.68 Å². The number of amides is 1. The van der Waals surface area contributed by atoms with Crippen LogP contribution in [0.15, 0.2) is 48.8 Å². The maximum atomic E-state index is 14.1. The van der Waals surface area contributed by atoms with Crippen molar-refractivity contribution in [1.29, 1.82) is 0 Å². The van der Waals surface area contributed by atoms with E-state index in [2.05, 4.69) is 9.88 Å². The molecule has 0 atom stereocenters. The number of alkyl halides is 3. The lowest BCUT2D eigenvalue weighted by atomic mass is 9.99. The second kappa shape index (κ2) is 9.59. The van der Waals surface area contributed by atoms with Crippen LogP contribution >= 0.6 is 0 Å². The van der Waals surface area contributed by atoms with Crippen LogP contribution in [0.5, 0.6) is 0 Å². The van der Waals surface area contributed by atoms with E-state index >= 15 is 0 Å². The molecule has 0 N–H and O–H groups in total. The number of nitrogens with zero attached hydrogens (tertiary/aromatic N) is 5. The fourth-order valence-corrected chi connectivity index (χ4v) is 5.79. The summed E-state index contributed by atoms with van der Waals surface area (Å²) in [5.74, 6) is 0.00686. The Hall–Kier alpha value is -3.20.